The molecule has 1 aliphatic heterocycles. The molecule has 1 aromatic rings. The molecule has 0 aliphatic carbocycles. The van der Waals surface area contributed by atoms with Gasteiger partial charge in [0, 0.05) is 13.2 Å². The Kier molecular flexibility index (Phi) is 5.69. The summed E-state index contributed by atoms with van der Waals surface area (Å²) in [6, 6.07) is 10.4. The van der Waals surface area contributed by atoms with Crippen LogP contribution in [0, 0.1) is 0 Å². The summed E-state index contributed by atoms with van der Waals surface area (Å²) in [6.07, 6.45) is 2.63. The first kappa shape index (κ1) is 17.8. The average Bonchev–Trinajstić information content (AvgIpc) is 2.86. The Balaban J connectivity index is 1.72. The van der Waals surface area contributed by atoms with Crippen molar-refractivity contribution >= 4 is 6.09 Å². The molecule has 0 bridgehead atoms. The maximum Gasteiger partial charge on any atom is 0.410 e. The summed E-state index contributed by atoms with van der Waals surface area (Å²) < 4.78 is 11.5. The number of carbonyl (C=O) groups excluding carboxylic acids is 1. The van der Waals surface area contributed by atoms with Gasteiger partial charge in [0.05, 0.1) is 12.1 Å². The van der Waals surface area contributed by atoms with Crippen LogP contribution in [0.15, 0.2) is 30.3 Å². The van der Waals surface area contributed by atoms with Crippen molar-refractivity contribution in [2.45, 2.75) is 58.2 Å². The quantitative estimate of drug-likeness (QED) is 0.769. The third-order valence-corrected chi connectivity index (χ3v) is 3.99. The molecule has 0 spiro atoms. The van der Waals surface area contributed by atoms with Crippen LogP contribution in [0.3, 0.4) is 0 Å². The highest BCUT2D eigenvalue weighted by molar-refractivity contribution is 5.68. The first-order valence-electron chi connectivity index (χ1n) is 8.43. The molecule has 0 radical (unpaired) electrons. The standard InChI is InChI=1S/C19H29NO3/c1-18(2,3)23-17(21)20-13-12-19(4,15-20)22-14-8-11-16-9-6-5-7-10-16/h5-7,9-10H,8,11-15H2,1-4H3. The highest BCUT2D eigenvalue weighted by Crippen LogP contribution is 2.26. The monoisotopic (exact) mass is 319 g/mol. The topological polar surface area (TPSA) is 38.8 Å². The van der Waals surface area contributed by atoms with Crippen molar-refractivity contribution in [3.8, 4) is 0 Å². The Morgan fingerprint density at radius 3 is 2.61 bits per heavy atom. The third-order valence-electron chi connectivity index (χ3n) is 3.99. The number of amides is 1. The van der Waals surface area contributed by atoms with Crippen molar-refractivity contribution in [1.82, 2.24) is 4.90 Å². The lowest BCUT2D eigenvalue weighted by Gasteiger charge is -2.27. The normalized spacial score (nSPS) is 21.5. The highest BCUT2D eigenvalue weighted by atomic mass is 16.6. The molecule has 1 fully saturated rings. The van der Waals surface area contributed by atoms with E-state index >= 15 is 0 Å². The fourth-order valence-corrected chi connectivity index (χ4v) is 2.77. The number of rotatable bonds is 5. The first-order valence-corrected chi connectivity index (χ1v) is 8.43. The zero-order valence-corrected chi connectivity index (χ0v) is 14.8. The zero-order chi connectivity index (χ0) is 16.9. The van der Waals surface area contributed by atoms with Crippen molar-refractivity contribution in [3.63, 3.8) is 0 Å². The predicted molar refractivity (Wildman–Crippen MR) is 91.5 cm³/mol. The van der Waals surface area contributed by atoms with E-state index in [4.69, 9.17) is 9.47 Å². The summed E-state index contributed by atoms with van der Waals surface area (Å²) in [5.74, 6) is 0. The van der Waals surface area contributed by atoms with Crippen molar-refractivity contribution in [2.24, 2.45) is 0 Å². The molecule has 1 aromatic carbocycles. The van der Waals surface area contributed by atoms with Crippen LogP contribution >= 0.6 is 0 Å². The second-order valence-corrected chi connectivity index (χ2v) is 7.54. The molecular formula is C19H29NO3. The van der Waals surface area contributed by atoms with E-state index in [0.29, 0.717) is 19.7 Å². The van der Waals surface area contributed by atoms with Crippen LogP contribution in [0.5, 0.6) is 0 Å². The fourth-order valence-electron chi connectivity index (χ4n) is 2.77. The van der Waals surface area contributed by atoms with Crippen LogP contribution in [-0.4, -0.2) is 41.9 Å². The Morgan fingerprint density at radius 1 is 1.26 bits per heavy atom. The number of nitrogens with zero attached hydrogens (tertiary/aromatic N) is 1. The number of aryl methyl sites for hydroxylation is 1. The molecule has 1 amide bonds. The Labute approximate surface area is 139 Å². The van der Waals surface area contributed by atoms with Crippen LogP contribution in [0.4, 0.5) is 4.79 Å². The van der Waals surface area contributed by atoms with Gasteiger partial charge in [0.1, 0.15) is 5.60 Å². The summed E-state index contributed by atoms with van der Waals surface area (Å²) >= 11 is 0. The molecule has 4 nitrogen and oxygen atoms in total. The Bertz CT molecular complexity index is 509. The summed E-state index contributed by atoms with van der Waals surface area (Å²) in [5, 5.41) is 0. The minimum atomic E-state index is -0.452. The van der Waals surface area contributed by atoms with E-state index in [9.17, 15) is 4.79 Å². The van der Waals surface area contributed by atoms with E-state index < -0.39 is 5.60 Å². The predicted octanol–water partition coefficient (Wildman–Crippen LogP) is 4.04. The molecule has 1 saturated heterocycles. The van der Waals surface area contributed by atoms with Gasteiger partial charge in [-0.15, -0.1) is 0 Å². The molecule has 1 aliphatic rings. The van der Waals surface area contributed by atoms with Gasteiger partial charge in [-0.3, -0.25) is 0 Å². The molecular weight excluding hydrogens is 290 g/mol. The molecule has 23 heavy (non-hydrogen) atoms. The maximum absolute atomic E-state index is 12.1. The summed E-state index contributed by atoms with van der Waals surface area (Å²) in [4.78, 5) is 13.9. The number of hydrogen-bond donors (Lipinski definition) is 0. The Morgan fingerprint density at radius 2 is 1.96 bits per heavy atom. The molecule has 0 N–H and O–H groups in total. The van der Waals surface area contributed by atoms with Gasteiger partial charge in [0.15, 0.2) is 0 Å². The lowest BCUT2D eigenvalue weighted by atomic mass is 10.1. The minimum Gasteiger partial charge on any atom is -0.444 e. The van der Waals surface area contributed by atoms with Gasteiger partial charge in [-0.2, -0.15) is 0 Å². The van der Waals surface area contributed by atoms with Crippen LogP contribution < -0.4 is 0 Å². The smallest absolute Gasteiger partial charge is 0.410 e. The number of carbonyl (C=O) groups is 1. The lowest BCUT2D eigenvalue weighted by molar-refractivity contribution is -0.0280. The molecule has 2 rings (SSSR count). The number of likely N-dealkylation sites (tertiary alicyclic amines) is 1. The van der Waals surface area contributed by atoms with Gasteiger partial charge in [0.2, 0.25) is 0 Å². The minimum absolute atomic E-state index is 0.242. The molecule has 128 valence electrons. The Hall–Kier alpha value is -1.55. The van der Waals surface area contributed by atoms with Crippen LogP contribution in [0.2, 0.25) is 0 Å². The third kappa shape index (κ3) is 5.87. The van der Waals surface area contributed by atoms with Gasteiger partial charge in [-0.05, 0) is 52.5 Å². The second kappa shape index (κ2) is 7.35. The fraction of sp³-hybridized carbons (Fsp3) is 0.632. The van der Waals surface area contributed by atoms with Crippen LogP contribution in [0.1, 0.15) is 46.1 Å². The largest absolute Gasteiger partial charge is 0.444 e. The van der Waals surface area contributed by atoms with E-state index in [1.165, 1.54) is 5.56 Å². The van der Waals surface area contributed by atoms with Gasteiger partial charge >= 0.3 is 6.09 Å². The van der Waals surface area contributed by atoms with Gasteiger partial charge in [-0.1, -0.05) is 30.3 Å². The van der Waals surface area contributed by atoms with E-state index in [-0.39, 0.29) is 11.7 Å². The summed E-state index contributed by atoms with van der Waals surface area (Å²) in [5.41, 5.74) is 0.628. The van der Waals surface area contributed by atoms with Crippen molar-refractivity contribution in [3.05, 3.63) is 35.9 Å². The number of hydrogen-bond acceptors (Lipinski definition) is 3. The van der Waals surface area contributed by atoms with Crippen molar-refractivity contribution < 1.29 is 14.3 Å². The molecule has 0 aromatic heterocycles. The van der Waals surface area contributed by atoms with Gasteiger partial charge in [0.25, 0.3) is 0 Å². The molecule has 1 atom stereocenters. The molecule has 4 heteroatoms. The van der Waals surface area contributed by atoms with Crippen LogP contribution in [-0.2, 0) is 15.9 Å². The van der Waals surface area contributed by atoms with Gasteiger partial charge in [-0.25, -0.2) is 4.79 Å². The number of benzene rings is 1. The molecule has 1 unspecified atom stereocenters. The SMILES string of the molecule is CC(C)(C)OC(=O)N1CCC(C)(OCCCc2ccccc2)C1. The molecule has 1 heterocycles. The molecule has 0 saturated carbocycles. The first-order chi connectivity index (χ1) is 10.8. The second-order valence-electron chi connectivity index (χ2n) is 7.54. The van der Waals surface area contributed by atoms with E-state index in [1.54, 1.807) is 4.90 Å². The number of ether oxygens (including phenoxy) is 2. The lowest BCUT2D eigenvalue weighted by Crippen LogP contribution is -2.39. The summed E-state index contributed by atoms with van der Waals surface area (Å²) in [6.45, 7) is 9.77. The maximum atomic E-state index is 12.1. The van der Waals surface area contributed by atoms with Gasteiger partial charge < -0.3 is 14.4 Å². The average molecular weight is 319 g/mol. The summed E-state index contributed by atoms with van der Waals surface area (Å²) in [7, 11) is 0. The van der Waals surface area contributed by atoms with E-state index in [2.05, 4.69) is 31.2 Å². The van der Waals surface area contributed by atoms with Crippen molar-refractivity contribution in [1.29, 1.82) is 0 Å². The zero-order valence-electron chi connectivity index (χ0n) is 14.8. The highest BCUT2D eigenvalue weighted by Gasteiger charge is 2.38. The van der Waals surface area contributed by atoms with Crippen LogP contribution in [0.25, 0.3) is 0 Å². The van der Waals surface area contributed by atoms with E-state index in [0.717, 1.165) is 19.3 Å². The van der Waals surface area contributed by atoms with E-state index in [1.807, 2.05) is 26.8 Å². The van der Waals surface area contributed by atoms with Crippen molar-refractivity contribution in [2.75, 3.05) is 19.7 Å².